The molecule has 0 aliphatic carbocycles. The average molecular weight is 257 g/mol. The van der Waals surface area contributed by atoms with E-state index < -0.39 is 0 Å². The monoisotopic (exact) mass is 257 g/mol. The third-order valence-corrected chi connectivity index (χ3v) is 3.17. The van der Waals surface area contributed by atoms with Gasteiger partial charge in [0.15, 0.2) is 0 Å². The van der Waals surface area contributed by atoms with E-state index in [2.05, 4.69) is 31.3 Å². The number of nitrogens with one attached hydrogen (secondary N) is 1. The van der Waals surface area contributed by atoms with Crippen molar-refractivity contribution in [3.63, 3.8) is 0 Å². The van der Waals surface area contributed by atoms with Gasteiger partial charge in [0.2, 0.25) is 0 Å². The van der Waals surface area contributed by atoms with Gasteiger partial charge in [0.1, 0.15) is 5.82 Å². The summed E-state index contributed by atoms with van der Waals surface area (Å²) in [5, 5.41) is 3.38. The van der Waals surface area contributed by atoms with Crippen LogP contribution in [0.3, 0.4) is 0 Å². The Morgan fingerprint density at radius 1 is 1.00 bits per heavy atom. The molecule has 0 spiro atoms. The minimum atomic E-state index is -0.150. The standard InChI is InChI=1S/C17H20FN/c1-12(2)19-11-14-5-8-15(9-6-14)16-7-4-13(3)17(18)10-16/h4-10,12,19H,11H2,1-3H3. The molecule has 1 N–H and O–H groups in total. The zero-order chi connectivity index (χ0) is 13.8. The Morgan fingerprint density at radius 3 is 2.21 bits per heavy atom. The molecule has 0 aromatic heterocycles. The van der Waals surface area contributed by atoms with Crippen LogP contribution in [0.4, 0.5) is 4.39 Å². The van der Waals surface area contributed by atoms with Crippen molar-refractivity contribution in [2.75, 3.05) is 0 Å². The second-order valence-electron chi connectivity index (χ2n) is 5.20. The minimum absolute atomic E-state index is 0.150. The lowest BCUT2D eigenvalue weighted by molar-refractivity contribution is 0.589. The van der Waals surface area contributed by atoms with Gasteiger partial charge in [-0.05, 0) is 35.2 Å². The molecular weight excluding hydrogens is 237 g/mol. The molecule has 0 radical (unpaired) electrons. The summed E-state index contributed by atoms with van der Waals surface area (Å²) in [7, 11) is 0. The molecule has 1 nitrogen and oxygen atoms in total. The third-order valence-electron chi connectivity index (χ3n) is 3.17. The van der Waals surface area contributed by atoms with Crippen LogP contribution in [0, 0.1) is 12.7 Å². The fraction of sp³-hybridized carbons (Fsp3) is 0.294. The van der Waals surface area contributed by atoms with Crippen LogP contribution < -0.4 is 5.32 Å². The molecule has 2 aromatic rings. The molecule has 0 aliphatic heterocycles. The van der Waals surface area contributed by atoms with Gasteiger partial charge in [0.25, 0.3) is 0 Å². The zero-order valence-electron chi connectivity index (χ0n) is 11.7. The van der Waals surface area contributed by atoms with Gasteiger partial charge in [0.05, 0.1) is 0 Å². The maximum Gasteiger partial charge on any atom is 0.126 e. The number of hydrogen-bond acceptors (Lipinski definition) is 1. The molecule has 0 atom stereocenters. The highest BCUT2D eigenvalue weighted by Gasteiger charge is 2.02. The van der Waals surface area contributed by atoms with Crippen molar-refractivity contribution in [1.82, 2.24) is 5.32 Å². The van der Waals surface area contributed by atoms with Gasteiger partial charge in [-0.15, -0.1) is 0 Å². The number of halogens is 1. The van der Waals surface area contributed by atoms with Crippen molar-refractivity contribution in [2.24, 2.45) is 0 Å². The zero-order valence-corrected chi connectivity index (χ0v) is 11.7. The molecule has 0 aliphatic rings. The molecule has 0 saturated carbocycles. The molecule has 0 bridgehead atoms. The van der Waals surface area contributed by atoms with E-state index >= 15 is 0 Å². The van der Waals surface area contributed by atoms with E-state index in [-0.39, 0.29) is 5.82 Å². The molecule has 2 aromatic carbocycles. The Morgan fingerprint density at radius 2 is 1.63 bits per heavy atom. The first kappa shape index (κ1) is 13.8. The lowest BCUT2D eigenvalue weighted by atomic mass is 10.0. The Hall–Kier alpha value is -1.67. The van der Waals surface area contributed by atoms with Crippen molar-refractivity contribution < 1.29 is 4.39 Å². The summed E-state index contributed by atoms with van der Waals surface area (Å²) in [6.07, 6.45) is 0. The van der Waals surface area contributed by atoms with Crippen molar-refractivity contribution in [3.05, 3.63) is 59.4 Å². The highest BCUT2D eigenvalue weighted by Crippen LogP contribution is 2.22. The first-order chi connectivity index (χ1) is 9.06. The average Bonchev–Trinajstić information content (AvgIpc) is 2.40. The van der Waals surface area contributed by atoms with E-state index in [4.69, 9.17) is 0 Å². The lowest BCUT2D eigenvalue weighted by Gasteiger charge is -2.09. The molecule has 0 fully saturated rings. The Balaban J connectivity index is 2.15. The topological polar surface area (TPSA) is 12.0 Å². The number of rotatable bonds is 4. The van der Waals surface area contributed by atoms with E-state index in [0.717, 1.165) is 17.7 Å². The second-order valence-corrected chi connectivity index (χ2v) is 5.20. The summed E-state index contributed by atoms with van der Waals surface area (Å²) in [5.41, 5.74) is 3.89. The van der Waals surface area contributed by atoms with Gasteiger partial charge < -0.3 is 5.32 Å². The van der Waals surface area contributed by atoms with Crippen LogP contribution in [0.2, 0.25) is 0 Å². The number of benzene rings is 2. The highest BCUT2D eigenvalue weighted by atomic mass is 19.1. The van der Waals surface area contributed by atoms with Gasteiger partial charge in [-0.2, -0.15) is 0 Å². The second kappa shape index (κ2) is 5.98. The van der Waals surface area contributed by atoms with E-state index in [9.17, 15) is 4.39 Å². The van der Waals surface area contributed by atoms with Crippen LogP contribution >= 0.6 is 0 Å². The summed E-state index contributed by atoms with van der Waals surface area (Å²) in [5.74, 6) is -0.150. The van der Waals surface area contributed by atoms with Gasteiger partial charge in [-0.25, -0.2) is 4.39 Å². The van der Waals surface area contributed by atoms with Gasteiger partial charge in [-0.3, -0.25) is 0 Å². The number of aryl methyl sites for hydroxylation is 1. The van der Waals surface area contributed by atoms with Gasteiger partial charge in [-0.1, -0.05) is 50.2 Å². The van der Waals surface area contributed by atoms with Crippen molar-refractivity contribution in [1.29, 1.82) is 0 Å². The molecule has 2 heteroatoms. The molecule has 0 unspecified atom stereocenters. The minimum Gasteiger partial charge on any atom is -0.310 e. The first-order valence-corrected chi connectivity index (χ1v) is 6.65. The van der Waals surface area contributed by atoms with Crippen LogP contribution in [0.15, 0.2) is 42.5 Å². The normalized spacial score (nSPS) is 11.0. The van der Waals surface area contributed by atoms with E-state index in [1.165, 1.54) is 5.56 Å². The third kappa shape index (κ3) is 3.65. The van der Waals surface area contributed by atoms with Crippen molar-refractivity contribution in [2.45, 2.75) is 33.4 Å². The van der Waals surface area contributed by atoms with Crippen LogP contribution in [0.5, 0.6) is 0 Å². The maximum atomic E-state index is 13.5. The summed E-state index contributed by atoms with van der Waals surface area (Å²) in [6.45, 7) is 6.90. The predicted molar refractivity (Wildman–Crippen MR) is 78.5 cm³/mol. The van der Waals surface area contributed by atoms with Crippen molar-refractivity contribution in [3.8, 4) is 11.1 Å². The highest BCUT2D eigenvalue weighted by molar-refractivity contribution is 5.64. The fourth-order valence-corrected chi connectivity index (χ4v) is 1.91. The van der Waals surface area contributed by atoms with E-state index in [0.29, 0.717) is 11.6 Å². The molecule has 2 rings (SSSR count). The summed E-state index contributed by atoms with van der Waals surface area (Å²) >= 11 is 0. The maximum absolute atomic E-state index is 13.5. The summed E-state index contributed by atoms with van der Waals surface area (Å²) in [4.78, 5) is 0. The molecule has 100 valence electrons. The van der Waals surface area contributed by atoms with Crippen molar-refractivity contribution >= 4 is 0 Å². The summed E-state index contributed by atoms with van der Waals surface area (Å²) in [6, 6.07) is 14.1. The van der Waals surface area contributed by atoms with Crippen LogP contribution in [-0.4, -0.2) is 6.04 Å². The molecule has 0 amide bonds. The van der Waals surface area contributed by atoms with Gasteiger partial charge in [0, 0.05) is 12.6 Å². The fourth-order valence-electron chi connectivity index (χ4n) is 1.91. The van der Waals surface area contributed by atoms with E-state index in [1.807, 2.05) is 24.3 Å². The Labute approximate surface area is 114 Å². The molecule has 19 heavy (non-hydrogen) atoms. The quantitative estimate of drug-likeness (QED) is 0.861. The lowest BCUT2D eigenvalue weighted by Crippen LogP contribution is -2.21. The van der Waals surface area contributed by atoms with Crippen LogP contribution in [-0.2, 0) is 6.54 Å². The summed E-state index contributed by atoms with van der Waals surface area (Å²) < 4.78 is 13.5. The molecule has 0 saturated heterocycles. The Bertz CT molecular complexity index is 544. The van der Waals surface area contributed by atoms with Crippen LogP contribution in [0.25, 0.3) is 11.1 Å². The largest absolute Gasteiger partial charge is 0.310 e. The molecular formula is C17H20FN. The van der Waals surface area contributed by atoms with Crippen LogP contribution in [0.1, 0.15) is 25.0 Å². The van der Waals surface area contributed by atoms with E-state index in [1.54, 1.807) is 13.0 Å². The smallest absolute Gasteiger partial charge is 0.126 e. The predicted octanol–water partition coefficient (Wildman–Crippen LogP) is 4.30. The Kier molecular flexibility index (Phi) is 4.33. The first-order valence-electron chi connectivity index (χ1n) is 6.65. The SMILES string of the molecule is Cc1ccc(-c2ccc(CNC(C)C)cc2)cc1F. The molecule has 0 heterocycles. The van der Waals surface area contributed by atoms with Gasteiger partial charge >= 0.3 is 0 Å². The number of hydrogen-bond donors (Lipinski definition) is 1.